The zero-order valence-corrected chi connectivity index (χ0v) is 9.39. The van der Waals surface area contributed by atoms with Crippen molar-refractivity contribution >= 4 is 17.8 Å². The van der Waals surface area contributed by atoms with Gasteiger partial charge in [-0.25, -0.2) is 9.18 Å². The third-order valence-electron chi connectivity index (χ3n) is 2.77. The van der Waals surface area contributed by atoms with Crippen LogP contribution in [0.25, 0.3) is 11.8 Å². The molecular formula is C15H9FO2. The Labute approximate surface area is 103 Å². The Hall–Kier alpha value is -2.42. The highest BCUT2D eigenvalue weighted by molar-refractivity contribution is 6.05. The number of carbonyl (C=O) groups excluding carboxylic acids is 1. The maximum atomic E-state index is 13.2. The zero-order valence-electron chi connectivity index (χ0n) is 9.39. The standard InChI is InChI=1S/C15H9FO2/c16-11-6-7-12-13(9-11)14(18-15(12)17)8-10-4-2-1-3-5-10/h1-9H. The van der Waals surface area contributed by atoms with Gasteiger partial charge in [-0.05, 0) is 29.8 Å². The van der Waals surface area contributed by atoms with Crippen molar-refractivity contribution in [3.8, 4) is 0 Å². The predicted molar refractivity (Wildman–Crippen MR) is 66.1 cm³/mol. The van der Waals surface area contributed by atoms with Crippen LogP contribution in [-0.4, -0.2) is 5.97 Å². The van der Waals surface area contributed by atoms with E-state index in [-0.39, 0.29) is 5.82 Å². The van der Waals surface area contributed by atoms with Crippen LogP contribution in [0.5, 0.6) is 0 Å². The van der Waals surface area contributed by atoms with E-state index in [9.17, 15) is 9.18 Å². The molecule has 2 aromatic carbocycles. The van der Waals surface area contributed by atoms with Crippen LogP contribution >= 0.6 is 0 Å². The lowest BCUT2D eigenvalue weighted by Crippen LogP contribution is -1.92. The van der Waals surface area contributed by atoms with E-state index in [1.807, 2.05) is 30.3 Å². The number of carbonyl (C=O) groups is 1. The number of cyclic esters (lactones) is 1. The van der Waals surface area contributed by atoms with Gasteiger partial charge >= 0.3 is 5.97 Å². The second-order valence-corrected chi connectivity index (χ2v) is 4.00. The molecule has 0 radical (unpaired) electrons. The van der Waals surface area contributed by atoms with Gasteiger partial charge in [-0.1, -0.05) is 30.3 Å². The van der Waals surface area contributed by atoms with E-state index in [1.165, 1.54) is 18.2 Å². The summed E-state index contributed by atoms with van der Waals surface area (Å²) in [6, 6.07) is 13.5. The number of hydrogen-bond donors (Lipinski definition) is 0. The first-order valence-electron chi connectivity index (χ1n) is 5.53. The number of ether oxygens (including phenoxy) is 1. The first-order valence-corrected chi connectivity index (χ1v) is 5.53. The Morgan fingerprint density at radius 3 is 2.56 bits per heavy atom. The molecule has 1 heterocycles. The minimum atomic E-state index is -0.438. The van der Waals surface area contributed by atoms with Gasteiger partial charge in [0.15, 0.2) is 0 Å². The van der Waals surface area contributed by atoms with Gasteiger partial charge in [-0.3, -0.25) is 0 Å². The molecule has 2 aromatic rings. The van der Waals surface area contributed by atoms with Crippen molar-refractivity contribution in [2.45, 2.75) is 0 Å². The molecule has 0 saturated heterocycles. The topological polar surface area (TPSA) is 26.3 Å². The normalized spacial score (nSPS) is 15.6. The summed E-state index contributed by atoms with van der Waals surface area (Å²) in [6.45, 7) is 0. The van der Waals surface area contributed by atoms with E-state index in [1.54, 1.807) is 6.08 Å². The van der Waals surface area contributed by atoms with Gasteiger partial charge in [-0.15, -0.1) is 0 Å². The summed E-state index contributed by atoms with van der Waals surface area (Å²) in [5.74, 6) is -0.432. The molecule has 0 N–H and O–H groups in total. The molecule has 0 unspecified atom stereocenters. The van der Waals surface area contributed by atoms with Gasteiger partial charge in [0, 0.05) is 5.56 Å². The fraction of sp³-hybridized carbons (Fsp3) is 0. The molecule has 0 fully saturated rings. The zero-order chi connectivity index (χ0) is 12.5. The highest BCUT2D eigenvalue weighted by Crippen LogP contribution is 2.31. The predicted octanol–water partition coefficient (Wildman–Crippen LogP) is 3.49. The summed E-state index contributed by atoms with van der Waals surface area (Å²) >= 11 is 0. The largest absolute Gasteiger partial charge is 0.422 e. The minimum absolute atomic E-state index is 0.383. The van der Waals surface area contributed by atoms with E-state index in [4.69, 9.17) is 4.74 Å². The monoisotopic (exact) mass is 240 g/mol. The number of halogens is 1. The summed E-state index contributed by atoms with van der Waals surface area (Å²) in [6.07, 6.45) is 1.73. The Morgan fingerprint density at radius 2 is 1.78 bits per heavy atom. The molecule has 3 rings (SSSR count). The van der Waals surface area contributed by atoms with Crippen molar-refractivity contribution < 1.29 is 13.9 Å². The van der Waals surface area contributed by atoms with Crippen molar-refractivity contribution in [1.82, 2.24) is 0 Å². The van der Waals surface area contributed by atoms with Gasteiger partial charge < -0.3 is 4.74 Å². The van der Waals surface area contributed by atoms with Crippen molar-refractivity contribution in [3.05, 3.63) is 71.0 Å². The maximum Gasteiger partial charge on any atom is 0.344 e. The molecule has 0 spiro atoms. The summed E-state index contributed by atoms with van der Waals surface area (Å²) in [7, 11) is 0. The molecule has 0 bridgehead atoms. The van der Waals surface area contributed by atoms with Gasteiger partial charge in [0.2, 0.25) is 0 Å². The third kappa shape index (κ3) is 1.80. The van der Waals surface area contributed by atoms with Crippen LogP contribution in [0.3, 0.4) is 0 Å². The lowest BCUT2D eigenvalue weighted by Gasteiger charge is -1.99. The first-order chi connectivity index (χ1) is 8.74. The van der Waals surface area contributed by atoms with Crippen LogP contribution in [0.4, 0.5) is 4.39 Å². The van der Waals surface area contributed by atoms with Crippen LogP contribution in [0.2, 0.25) is 0 Å². The van der Waals surface area contributed by atoms with Crippen molar-refractivity contribution in [1.29, 1.82) is 0 Å². The van der Waals surface area contributed by atoms with Gasteiger partial charge in [0.1, 0.15) is 11.6 Å². The molecule has 0 saturated carbocycles. The Kier molecular flexibility index (Phi) is 2.45. The lowest BCUT2D eigenvalue weighted by molar-refractivity contribution is 0.0717. The molecule has 0 atom stereocenters. The SMILES string of the molecule is O=C1OC(=Cc2ccccc2)c2cc(F)ccc21. The smallest absolute Gasteiger partial charge is 0.344 e. The summed E-state index contributed by atoms with van der Waals surface area (Å²) in [4.78, 5) is 11.6. The molecule has 1 aliphatic heterocycles. The van der Waals surface area contributed by atoms with Crippen molar-refractivity contribution in [2.24, 2.45) is 0 Å². The lowest BCUT2D eigenvalue weighted by atomic mass is 10.1. The summed E-state index contributed by atoms with van der Waals surface area (Å²) in [5.41, 5.74) is 1.81. The van der Waals surface area contributed by atoms with E-state index in [2.05, 4.69) is 0 Å². The molecule has 88 valence electrons. The molecule has 0 aliphatic carbocycles. The fourth-order valence-corrected chi connectivity index (χ4v) is 1.92. The van der Waals surface area contributed by atoms with E-state index < -0.39 is 5.97 Å². The quantitative estimate of drug-likeness (QED) is 0.713. The molecule has 1 aliphatic rings. The van der Waals surface area contributed by atoms with E-state index in [0.29, 0.717) is 16.9 Å². The Balaban J connectivity index is 2.10. The second kappa shape index (κ2) is 4.11. The van der Waals surface area contributed by atoms with Crippen LogP contribution in [0.1, 0.15) is 21.5 Å². The molecule has 3 heteroatoms. The van der Waals surface area contributed by atoms with Gasteiger partial charge in [0.25, 0.3) is 0 Å². The average Bonchev–Trinajstić information content (AvgIpc) is 2.67. The minimum Gasteiger partial charge on any atom is -0.422 e. The van der Waals surface area contributed by atoms with Crippen LogP contribution in [-0.2, 0) is 4.74 Å². The number of hydrogen-bond acceptors (Lipinski definition) is 2. The highest BCUT2D eigenvalue weighted by atomic mass is 19.1. The molecule has 0 amide bonds. The van der Waals surface area contributed by atoms with E-state index in [0.717, 1.165) is 5.56 Å². The highest BCUT2D eigenvalue weighted by Gasteiger charge is 2.26. The first kappa shape index (κ1) is 10.7. The van der Waals surface area contributed by atoms with Crippen LogP contribution in [0.15, 0.2) is 48.5 Å². The molecule has 18 heavy (non-hydrogen) atoms. The number of esters is 1. The Morgan fingerprint density at radius 1 is 1.00 bits per heavy atom. The maximum absolute atomic E-state index is 13.2. The van der Waals surface area contributed by atoms with Crippen LogP contribution < -0.4 is 0 Å². The number of benzene rings is 2. The fourth-order valence-electron chi connectivity index (χ4n) is 1.92. The van der Waals surface area contributed by atoms with Gasteiger partial charge in [0.05, 0.1) is 5.56 Å². The molecule has 0 aromatic heterocycles. The van der Waals surface area contributed by atoms with E-state index >= 15 is 0 Å². The molecule has 2 nitrogen and oxygen atoms in total. The van der Waals surface area contributed by atoms with Gasteiger partial charge in [-0.2, -0.15) is 0 Å². The second-order valence-electron chi connectivity index (χ2n) is 4.00. The average molecular weight is 240 g/mol. The number of rotatable bonds is 1. The Bertz CT molecular complexity index is 645. The van der Waals surface area contributed by atoms with Crippen molar-refractivity contribution in [3.63, 3.8) is 0 Å². The van der Waals surface area contributed by atoms with Crippen LogP contribution in [0, 0.1) is 5.82 Å². The summed E-state index contributed by atoms with van der Waals surface area (Å²) in [5, 5.41) is 0. The van der Waals surface area contributed by atoms with Crippen molar-refractivity contribution in [2.75, 3.05) is 0 Å². The number of fused-ring (bicyclic) bond motifs is 1. The molecular weight excluding hydrogens is 231 g/mol. The summed E-state index contributed by atoms with van der Waals surface area (Å²) < 4.78 is 18.4. The third-order valence-corrected chi connectivity index (χ3v) is 2.77.